The molecule has 0 saturated heterocycles. The summed E-state index contributed by atoms with van der Waals surface area (Å²) in [4.78, 5) is 24.1. The quantitative estimate of drug-likeness (QED) is 0.676. The normalized spacial score (nSPS) is 10.5. The Morgan fingerprint density at radius 3 is 2.65 bits per heavy atom. The van der Waals surface area contributed by atoms with Crippen molar-refractivity contribution in [2.75, 3.05) is 6.61 Å². The standard InChI is InChI=1S/C19H19N3O3S/c1-3-25-19(24)17-11-21-22(13(17)2)16-6-4-15(5-7-16)18(23)20-10-14-8-9-26-12-14/h4-9,11-12H,3,10H2,1-2H3,(H,20,23). The number of hydrogen-bond donors (Lipinski definition) is 1. The molecule has 26 heavy (non-hydrogen) atoms. The van der Waals surface area contributed by atoms with Gasteiger partial charge in [-0.25, -0.2) is 9.48 Å². The molecule has 0 fully saturated rings. The molecule has 7 heteroatoms. The summed E-state index contributed by atoms with van der Waals surface area (Å²) in [5.41, 5.74) is 3.55. The van der Waals surface area contributed by atoms with Gasteiger partial charge in [0.25, 0.3) is 5.91 Å². The first-order valence-electron chi connectivity index (χ1n) is 8.21. The van der Waals surface area contributed by atoms with Gasteiger partial charge in [-0.2, -0.15) is 16.4 Å². The fourth-order valence-corrected chi connectivity index (χ4v) is 3.18. The molecule has 0 atom stereocenters. The maximum absolute atomic E-state index is 12.2. The number of carbonyl (C=O) groups is 2. The highest BCUT2D eigenvalue weighted by Gasteiger charge is 2.16. The second kappa shape index (κ2) is 7.97. The van der Waals surface area contributed by atoms with E-state index >= 15 is 0 Å². The van der Waals surface area contributed by atoms with Crippen LogP contribution in [0.25, 0.3) is 5.69 Å². The number of rotatable bonds is 6. The fraction of sp³-hybridized carbons (Fsp3) is 0.211. The molecule has 0 radical (unpaired) electrons. The van der Waals surface area contributed by atoms with Crippen molar-refractivity contribution in [1.82, 2.24) is 15.1 Å². The van der Waals surface area contributed by atoms with Crippen molar-refractivity contribution in [3.05, 3.63) is 69.7 Å². The molecule has 134 valence electrons. The summed E-state index contributed by atoms with van der Waals surface area (Å²) in [6, 6.07) is 9.06. The van der Waals surface area contributed by atoms with Crippen molar-refractivity contribution in [1.29, 1.82) is 0 Å². The third-order valence-electron chi connectivity index (χ3n) is 3.91. The van der Waals surface area contributed by atoms with Crippen LogP contribution >= 0.6 is 11.3 Å². The Morgan fingerprint density at radius 1 is 1.23 bits per heavy atom. The number of hydrogen-bond acceptors (Lipinski definition) is 5. The van der Waals surface area contributed by atoms with Crippen LogP contribution in [0.2, 0.25) is 0 Å². The Morgan fingerprint density at radius 2 is 2.00 bits per heavy atom. The molecule has 3 aromatic rings. The highest BCUT2D eigenvalue weighted by Crippen LogP contribution is 2.16. The van der Waals surface area contributed by atoms with E-state index in [4.69, 9.17) is 4.74 Å². The van der Waals surface area contributed by atoms with Gasteiger partial charge in [-0.1, -0.05) is 0 Å². The molecule has 0 spiro atoms. The van der Waals surface area contributed by atoms with E-state index in [-0.39, 0.29) is 11.9 Å². The second-order valence-electron chi connectivity index (χ2n) is 5.64. The topological polar surface area (TPSA) is 73.2 Å². The van der Waals surface area contributed by atoms with Crippen molar-refractivity contribution in [2.24, 2.45) is 0 Å². The zero-order valence-electron chi connectivity index (χ0n) is 14.6. The van der Waals surface area contributed by atoms with Gasteiger partial charge in [-0.3, -0.25) is 4.79 Å². The Kier molecular flexibility index (Phi) is 5.48. The predicted octanol–water partition coefficient (Wildman–Crippen LogP) is 3.35. The Hall–Kier alpha value is -2.93. The lowest BCUT2D eigenvalue weighted by Crippen LogP contribution is -2.22. The van der Waals surface area contributed by atoms with Crippen LogP contribution in [0, 0.1) is 6.92 Å². The van der Waals surface area contributed by atoms with Crippen molar-refractivity contribution < 1.29 is 14.3 Å². The fourth-order valence-electron chi connectivity index (χ4n) is 2.51. The summed E-state index contributed by atoms with van der Waals surface area (Å²) in [7, 11) is 0. The van der Waals surface area contributed by atoms with Gasteiger partial charge in [0, 0.05) is 12.1 Å². The average molecular weight is 369 g/mol. The predicted molar refractivity (Wildman–Crippen MR) is 99.7 cm³/mol. The number of esters is 1. The number of aromatic nitrogens is 2. The number of ether oxygens (including phenoxy) is 1. The van der Waals surface area contributed by atoms with Crippen molar-refractivity contribution >= 4 is 23.2 Å². The van der Waals surface area contributed by atoms with Gasteiger partial charge in [-0.05, 0) is 60.5 Å². The van der Waals surface area contributed by atoms with Crippen LogP contribution in [-0.2, 0) is 11.3 Å². The van der Waals surface area contributed by atoms with E-state index in [0.29, 0.717) is 30.0 Å². The highest BCUT2D eigenvalue weighted by atomic mass is 32.1. The second-order valence-corrected chi connectivity index (χ2v) is 6.42. The van der Waals surface area contributed by atoms with E-state index in [2.05, 4.69) is 10.4 Å². The van der Waals surface area contributed by atoms with Crippen molar-refractivity contribution in [3.8, 4) is 5.69 Å². The molecule has 1 amide bonds. The molecule has 0 aliphatic heterocycles. The molecule has 2 heterocycles. The SMILES string of the molecule is CCOC(=O)c1cnn(-c2ccc(C(=O)NCc3ccsc3)cc2)c1C. The molecule has 6 nitrogen and oxygen atoms in total. The van der Waals surface area contributed by atoms with Crippen LogP contribution in [0.15, 0.2) is 47.3 Å². The third-order valence-corrected chi connectivity index (χ3v) is 4.64. The lowest BCUT2D eigenvalue weighted by atomic mass is 10.2. The summed E-state index contributed by atoms with van der Waals surface area (Å²) in [5, 5.41) is 11.1. The van der Waals surface area contributed by atoms with Crippen molar-refractivity contribution in [2.45, 2.75) is 20.4 Å². The number of amides is 1. The number of carbonyl (C=O) groups excluding carboxylic acids is 2. The van der Waals surface area contributed by atoms with Crippen LogP contribution in [0.3, 0.4) is 0 Å². The average Bonchev–Trinajstić information content (AvgIpc) is 3.29. The maximum Gasteiger partial charge on any atom is 0.341 e. The highest BCUT2D eigenvalue weighted by molar-refractivity contribution is 7.07. The largest absolute Gasteiger partial charge is 0.462 e. The smallest absolute Gasteiger partial charge is 0.341 e. The first-order valence-corrected chi connectivity index (χ1v) is 9.16. The molecular weight excluding hydrogens is 350 g/mol. The first kappa shape index (κ1) is 17.9. The summed E-state index contributed by atoms with van der Waals surface area (Å²) in [6.07, 6.45) is 1.49. The van der Waals surface area contributed by atoms with E-state index in [1.54, 1.807) is 54.1 Å². The van der Waals surface area contributed by atoms with Gasteiger partial charge >= 0.3 is 5.97 Å². The Labute approximate surface area is 155 Å². The molecule has 0 bridgehead atoms. The van der Waals surface area contributed by atoms with Crippen LogP contribution in [0.4, 0.5) is 0 Å². The molecule has 1 aromatic carbocycles. The summed E-state index contributed by atoms with van der Waals surface area (Å²) in [6.45, 7) is 4.39. The number of thiophene rings is 1. The van der Waals surface area contributed by atoms with Gasteiger partial charge in [-0.15, -0.1) is 0 Å². The monoisotopic (exact) mass is 369 g/mol. The van der Waals surface area contributed by atoms with E-state index in [9.17, 15) is 9.59 Å². The lowest BCUT2D eigenvalue weighted by Gasteiger charge is -2.08. The Bertz CT molecular complexity index is 899. The molecular formula is C19H19N3O3S. The molecule has 0 aliphatic carbocycles. The van der Waals surface area contributed by atoms with Gasteiger partial charge in [0.15, 0.2) is 0 Å². The molecule has 2 aromatic heterocycles. The summed E-state index contributed by atoms with van der Waals surface area (Å²) >= 11 is 1.60. The maximum atomic E-state index is 12.2. The summed E-state index contributed by atoms with van der Waals surface area (Å²) < 4.78 is 6.67. The molecule has 0 aliphatic rings. The van der Waals surface area contributed by atoms with Gasteiger partial charge in [0.1, 0.15) is 5.56 Å². The van der Waals surface area contributed by atoms with Gasteiger partial charge in [0.05, 0.1) is 24.2 Å². The number of benzene rings is 1. The minimum Gasteiger partial charge on any atom is -0.462 e. The lowest BCUT2D eigenvalue weighted by molar-refractivity contribution is 0.0525. The zero-order chi connectivity index (χ0) is 18.5. The van der Waals surface area contributed by atoms with Gasteiger partial charge < -0.3 is 10.1 Å². The van der Waals surface area contributed by atoms with E-state index < -0.39 is 0 Å². The molecule has 3 rings (SSSR count). The van der Waals surface area contributed by atoms with E-state index in [1.165, 1.54) is 6.20 Å². The zero-order valence-corrected chi connectivity index (χ0v) is 15.4. The van der Waals surface area contributed by atoms with Crippen LogP contribution in [-0.4, -0.2) is 28.3 Å². The Balaban J connectivity index is 1.71. The van der Waals surface area contributed by atoms with E-state index in [0.717, 1.165) is 11.3 Å². The van der Waals surface area contributed by atoms with Crippen LogP contribution in [0.1, 0.15) is 38.9 Å². The molecule has 0 unspecified atom stereocenters. The third kappa shape index (κ3) is 3.83. The van der Waals surface area contributed by atoms with Crippen molar-refractivity contribution in [3.63, 3.8) is 0 Å². The number of nitrogens with one attached hydrogen (secondary N) is 1. The minimum atomic E-state index is -0.388. The number of nitrogens with zero attached hydrogens (tertiary/aromatic N) is 2. The van der Waals surface area contributed by atoms with E-state index in [1.807, 2.05) is 16.8 Å². The first-order chi connectivity index (χ1) is 12.6. The van der Waals surface area contributed by atoms with Crippen LogP contribution < -0.4 is 5.32 Å². The minimum absolute atomic E-state index is 0.132. The summed E-state index contributed by atoms with van der Waals surface area (Å²) in [5.74, 6) is -0.521. The van der Waals surface area contributed by atoms with Crippen LogP contribution in [0.5, 0.6) is 0 Å². The van der Waals surface area contributed by atoms with Gasteiger partial charge in [0.2, 0.25) is 0 Å². The molecule has 1 N–H and O–H groups in total. The molecule has 0 saturated carbocycles.